The lowest BCUT2D eigenvalue weighted by Gasteiger charge is -2.20. The summed E-state index contributed by atoms with van der Waals surface area (Å²) in [5.74, 6) is -0.370. The topological polar surface area (TPSA) is 66.8 Å². The van der Waals surface area contributed by atoms with Crippen molar-refractivity contribution < 1.29 is 19.4 Å². The van der Waals surface area contributed by atoms with Gasteiger partial charge < -0.3 is 14.7 Å². The number of rotatable bonds is 7. The SMILES string of the molecule is CCCOc1ccc(C(C(=O)O)N(C)C=O)cc1. The summed E-state index contributed by atoms with van der Waals surface area (Å²) in [5.41, 5.74) is 0.543. The maximum Gasteiger partial charge on any atom is 0.331 e. The van der Waals surface area contributed by atoms with Gasteiger partial charge in [0.05, 0.1) is 6.61 Å². The van der Waals surface area contributed by atoms with Gasteiger partial charge in [0.1, 0.15) is 5.75 Å². The quantitative estimate of drug-likeness (QED) is 0.749. The molecule has 0 fully saturated rings. The minimum Gasteiger partial charge on any atom is -0.494 e. The highest BCUT2D eigenvalue weighted by molar-refractivity contribution is 5.78. The third-order valence-electron chi connectivity index (χ3n) is 2.48. The highest BCUT2D eigenvalue weighted by Gasteiger charge is 2.23. The van der Waals surface area contributed by atoms with Gasteiger partial charge in [0, 0.05) is 7.05 Å². The standard InChI is InChI=1S/C13H17NO4/c1-3-8-18-11-6-4-10(5-7-11)12(13(16)17)14(2)9-15/h4-7,9,12H,3,8H2,1-2H3,(H,16,17). The summed E-state index contributed by atoms with van der Waals surface area (Å²) < 4.78 is 5.41. The van der Waals surface area contributed by atoms with Crippen molar-refractivity contribution in [1.82, 2.24) is 4.90 Å². The van der Waals surface area contributed by atoms with Crippen molar-refractivity contribution in [2.45, 2.75) is 19.4 Å². The number of aliphatic carboxylic acids is 1. The Hall–Kier alpha value is -2.04. The molecule has 98 valence electrons. The molecule has 0 saturated heterocycles. The van der Waals surface area contributed by atoms with Crippen LogP contribution in [0.4, 0.5) is 0 Å². The van der Waals surface area contributed by atoms with Crippen LogP contribution in [0.1, 0.15) is 24.9 Å². The lowest BCUT2D eigenvalue weighted by atomic mass is 10.1. The molecule has 0 aliphatic heterocycles. The van der Waals surface area contributed by atoms with Crippen molar-refractivity contribution in [3.8, 4) is 5.75 Å². The monoisotopic (exact) mass is 251 g/mol. The number of carboxylic acid groups (broad SMARTS) is 1. The second kappa shape index (κ2) is 6.64. The van der Waals surface area contributed by atoms with Crippen LogP contribution in [0.2, 0.25) is 0 Å². The number of hydrogen-bond acceptors (Lipinski definition) is 3. The first-order chi connectivity index (χ1) is 8.60. The summed E-state index contributed by atoms with van der Waals surface area (Å²) in [5, 5.41) is 9.11. The van der Waals surface area contributed by atoms with Crippen molar-refractivity contribution in [3.63, 3.8) is 0 Å². The fourth-order valence-electron chi connectivity index (χ4n) is 1.58. The Labute approximate surface area is 106 Å². The molecule has 0 aromatic heterocycles. The number of benzene rings is 1. The van der Waals surface area contributed by atoms with Crippen molar-refractivity contribution in [3.05, 3.63) is 29.8 Å². The van der Waals surface area contributed by atoms with Crippen LogP contribution < -0.4 is 4.74 Å². The van der Waals surface area contributed by atoms with Crippen LogP contribution in [0.3, 0.4) is 0 Å². The van der Waals surface area contributed by atoms with Gasteiger partial charge in [0.2, 0.25) is 6.41 Å². The van der Waals surface area contributed by atoms with Gasteiger partial charge >= 0.3 is 5.97 Å². The number of carbonyl (C=O) groups is 2. The number of likely N-dealkylation sites (N-methyl/N-ethyl adjacent to an activating group) is 1. The number of amides is 1. The third-order valence-corrected chi connectivity index (χ3v) is 2.48. The van der Waals surface area contributed by atoms with Gasteiger partial charge in [-0.15, -0.1) is 0 Å². The Balaban J connectivity index is 2.87. The van der Waals surface area contributed by atoms with Gasteiger partial charge in [0.15, 0.2) is 6.04 Å². The summed E-state index contributed by atoms with van der Waals surface area (Å²) in [6.07, 6.45) is 1.41. The van der Waals surface area contributed by atoms with Crippen molar-refractivity contribution >= 4 is 12.4 Å². The fourth-order valence-corrected chi connectivity index (χ4v) is 1.58. The first-order valence-corrected chi connectivity index (χ1v) is 5.73. The van der Waals surface area contributed by atoms with E-state index < -0.39 is 12.0 Å². The Morgan fingerprint density at radius 1 is 1.44 bits per heavy atom. The molecule has 18 heavy (non-hydrogen) atoms. The van der Waals surface area contributed by atoms with Crippen LogP contribution in [0.5, 0.6) is 5.75 Å². The molecular formula is C13H17NO4. The molecule has 1 amide bonds. The molecule has 1 rings (SSSR count). The minimum atomic E-state index is -1.06. The number of carboxylic acids is 1. The maximum atomic E-state index is 11.1. The number of carbonyl (C=O) groups excluding carboxylic acids is 1. The molecule has 0 aliphatic rings. The molecule has 5 heteroatoms. The maximum absolute atomic E-state index is 11.1. The zero-order chi connectivity index (χ0) is 13.5. The molecule has 0 bridgehead atoms. The van der Waals surface area contributed by atoms with E-state index in [1.807, 2.05) is 6.92 Å². The normalized spacial score (nSPS) is 11.7. The minimum absolute atomic E-state index is 0.500. The van der Waals surface area contributed by atoms with E-state index in [-0.39, 0.29) is 0 Å². The van der Waals surface area contributed by atoms with E-state index >= 15 is 0 Å². The van der Waals surface area contributed by atoms with E-state index in [4.69, 9.17) is 9.84 Å². The predicted octanol–water partition coefficient (Wildman–Crippen LogP) is 1.69. The van der Waals surface area contributed by atoms with Crippen LogP contribution in [0, 0.1) is 0 Å². The zero-order valence-corrected chi connectivity index (χ0v) is 10.5. The fraction of sp³-hybridized carbons (Fsp3) is 0.385. The van der Waals surface area contributed by atoms with Crippen LogP contribution in [0.15, 0.2) is 24.3 Å². The van der Waals surface area contributed by atoms with Crippen LogP contribution >= 0.6 is 0 Å². The average Bonchev–Trinajstić information content (AvgIpc) is 2.37. The molecule has 1 unspecified atom stereocenters. The second-order valence-corrected chi connectivity index (χ2v) is 3.93. The second-order valence-electron chi connectivity index (χ2n) is 3.93. The summed E-state index contributed by atoms with van der Waals surface area (Å²) in [6, 6.07) is 5.76. The average molecular weight is 251 g/mol. The van der Waals surface area contributed by atoms with Gasteiger partial charge in [-0.25, -0.2) is 4.79 Å². The molecule has 0 saturated carbocycles. The highest BCUT2D eigenvalue weighted by Crippen LogP contribution is 2.21. The summed E-state index contributed by atoms with van der Waals surface area (Å²) in [6.45, 7) is 2.63. The number of nitrogens with zero attached hydrogens (tertiary/aromatic N) is 1. The van der Waals surface area contributed by atoms with Crippen molar-refractivity contribution in [1.29, 1.82) is 0 Å². The molecule has 0 heterocycles. The van der Waals surface area contributed by atoms with E-state index in [0.717, 1.165) is 11.3 Å². The molecule has 5 nitrogen and oxygen atoms in total. The number of hydrogen-bond donors (Lipinski definition) is 1. The van der Waals surface area contributed by atoms with Crippen LogP contribution in [0.25, 0.3) is 0 Å². The molecule has 1 N–H and O–H groups in total. The van der Waals surface area contributed by atoms with Gasteiger partial charge in [-0.1, -0.05) is 19.1 Å². The third kappa shape index (κ3) is 3.48. The van der Waals surface area contributed by atoms with Gasteiger partial charge in [-0.05, 0) is 24.1 Å². The molecule has 1 aromatic rings. The van der Waals surface area contributed by atoms with Gasteiger partial charge in [0.25, 0.3) is 0 Å². The molecule has 0 aliphatic carbocycles. The van der Waals surface area contributed by atoms with E-state index in [9.17, 15) is 9.59 Å². The lowest BCUT2D eigenvalue weighted by molar-refractivity contribution is -0.145. The first-order valence-electron chi connectivity index (χ1n) is 5.73. The Morgan fingerprint density at radius 3 is 2.50 bits per heavy atom. The smallest absolute Gasteiger partial charge is 0.331 e. The highest BCUT2D eigenvalue weighted by atomic mass is 16.5. The van der Waals surface area contributed by atoms with Crippen molar-refractivity contribution in [2.24, 2.45) is 0 Å². The summed E-state index contributed by atoms with van der Waals surface area (Å²) >= 11 is 0. The Bertz CT molecular complexity index is 402. The van der Waals surface area contributed by atoms with Crippen LogP contribution in [-0.2, 0) is 9.59 Å². The Kier molecular flexibility index (Phi) is 5.17. The largest absolute Gasteiger partial charge is 0.494 e. The van der Waals surface area contributed by atoms with E-state index in [1.165, 1.54) is 7.05 Å². The Morgan fingerprint density at radius 2 is 2.06 bits per heavy atom. The summed E-state index contributed by atoms with van der Waals surface area (Å²) in [4.78, 5) is 22.9. The lowest BCUT2D eigenvalue weighted by Crippen LogP contribution is -2.29. The molecule has 0 radical (unpaired) electrons. The molecule has 1 aromatic carbocycles. The number of ether oxygens (including phenoxy) is 1. The molecule has 1 atom stereocenters. The van der Waals surface area contributed by atoms with E-state index in [0.29, 0.717) is 24.3 Å². The summed E-state index contributed by atoms with van der Waals surface area (Å²) in [7, 11) is 1.44. The van der Waals surface area contributed by atoms with Gasteiger partial charge in [-0.2, -0.15) is 0 Å². The van der Waals surface area contributed by atoms with Gasteiger partial charge in [-0.3, -0.25) is 4.79 Å². The molecule has 0 spiro atoms. The van der Waals surface area contributed by atoms with E-state index in [2.05, 4.69) is 0 Å². The predicted molar refractivity (Wildman–Crippen MR) is 66.4 cm³/mol. The van der Waals surface area contributed by atoms with E-state index in [1.54, 1.807) is 24.3 Å². The first kappa shape index (κ1) is 14.0. The molecular weight excluding hydrogens is 234 g/mol. The van der Waals surface area contributed by atoms with Crippen LogP contribution in [-0.4, -0.2) is 36.0 Å². The van der Waals surface area contributed by atoms with Crippen molar-refractivity contribution in [2.75, 3.05) is 13.7 Å². The zero-order valence-electron chi connectivity index (χ0n) is 10.5.